The van der Waals surface area contributed by atoms with E-state index in [1.807, 2.05) is 24.3 Å². The molecule has 1 aromatic carbocycles. The molecule has 0 radical (unpaired) electrons. The van der Waals surface area contributed by atoms with Crippen LogP contribution in [-0.2, 0) is 32.0 Å². The van der Waals surface area contributed by atoms with E-state index in [-0.39, 0.29) is 12.8 Å². The lowest BCUT2D eigenvalue weighted by Gasteiger charge is -2.25. The molecule has 0 saturated carbocycles. The smallest absolute Gasteiger partial charge is 0.326 e. The second-order valence-electron chi connectivity index (χ2n) is 8.81. The second-order valence-corrected chi connectivity index (χ2v) is 8.81. The number of nitrogens with two attached hydrogens (primary N) is 1. The molecule has 0 fully saturated rings. The molecule has 13 heteroatoms. The van der Waals surface area contributed by atoms with Gasteiger partial charge in [-0.3, -0.25) is 14.4 Å². The summed E-state index contributed by atoms with van der Waals surface area (Å²) >= 11 is 0. The van der Waals surface area contributed by atoms with Gasteiger partial charge >= 0.3 is 5.97 Å². The largest absolute Gasteiger partial charge is 0.480 e. The number of rotatable bonds is 12. The van der Waals surface area contributed by atoms with Gasteiger partial charge < -0.3 is 41.9 Å². The molecule has 0 aliphatic carbocycles. The fourth-order valence-corrected chi connectivity index (χ4v) is 3.78. The molecule has 0 aliphatic rings. The number of nitrogens with one attached hydrogen (secondary N) is 5. The third-order valence-electron chi connectivity index (χ3n) is 5.86. The highest BCUT2D eigenvalue weighted by molar-refractivity contribution is 5.94. The molecule has 3 amide bonds. The van der Waals surface area contributed by atoms with Crippen molar-refractivity contribution in [1.29, 1.82) is 0 Å². The van der Waals surface area contributed by atoms with E-state index in [1.165, 1.54) is 26.4 Å². The fourth-order valence-electron chi connectivity index (χ4n) is 3.78. The lowest BCUT2D eigenvalue weighted by atomic mass is 10.0. The molecule has 0 bridgehead atoms. The van der Waals surface area contributed by atoms with Crippen LogP contribution in [0.5, 0.6) is 0 Å². The number of para-hydroxylation sites is 1. The van der Waals surface area contributed by atoms with E-state index in [2.05, 4.69) is 30.9 Å². The van der Waals surface area contributed by atoms with Gasteiger partial charge in [0.2, 0.25) is 17.7 Å². The zero-order chi connectivity index (χ0) is 27.1. The standard InChI is InChI=1S/C24H31N7O6/c1-12(21(33)30-19(24(36)37)7-14-9-27-18-6-4-3-5-16(14)18)29-23(35)20(13(2)32)31-22(34)17(25)8-15-10-26-11-28-15/h3-6,9-13,17,19-20,27,32H,7-8,25H2,1-2H3,(H,26,28)(H,29,35)(H,30,33)(H,31,34)(H,36,37). The number of H-pyrrole nitrogens is 2. The van der Waals surface area contributed by atoms with Gasteiger partial charge in [-0.25, -0.2) is 9.78 Å². The van der Waals surface area contributed by atoms with Crippen LogP contribution < -0.4 is 21.7 Å². The van der Waals surface area contributed by atoms with Crippen LogP contribution in [0.3, 0.4) is 0 Å². The average molecular weight is 514 g/mol. The van der Waals surface area contributed by atoms with E-state index in [0.717, 1.165) is 10.9 Å². The lowest BCUT2D eigenvalue weighted by molar-refractivity contribution is -0.142. The summed E-state index contributed by atoms with van der Waals surface area (Å²) in [6.45, 7) is 2.67. The molecule has 0 saturated heterocycles. The minimum Gasteiger partial charge on any atom is -0.480 e. The van der Waals surface area contributed by atoms with Crippen molar-refractivity contribution >= 4 is 34.6 Å². The molecule has 198 valence electrons. The maximum Gasteiger partial charge on any atom is 0.326 e. The van der Waals surface area contributed by atoms with Crippen LogP contribution in [0.25, 0.3) is 10.9 Å². The number of fused-ring (bicyclic) bond motifs is 1. The Hall–Kier alpha value is -4.23. The van der Waals surface area contributed by atoms with Crippen molar-refractivity contribution in [1.82, 2.24) is 30.9 Å². The van der Waals surface area contributed by atoms with Crippen LogP contribution in [0, 0.1) is 0 Å². The molecule has 3 rings (SSSR count). The molecular formula is C24H31N7O6. The van der Waals surface area contributed by atoms with E-state index >= 15 is 0 Å². The number of hydrogen-bond acceptors (Lipinski definition) is 7. The summed E-state index contributed by atoms with van der Waals surface area (Å²) in [5.74, 6) is -3.49. The second kappa shape index (κ2) is 12.1. The first kappa shape index (κ1) is 27.4. The first-order valence-electron chi connectivity index (χ1n) is 11.7. The number of aliphatic carboxylic acids is 1. The maximum absolute atomic E-state index is 12.8. The molecule has 13 nitrogen and oxygen atoms in total. The predicted octanol–water partition coefficient (Wildman–Crippen LogP) is -1.06. The van der Waals surface area contributed by atoms with E-state index in [0.29, 0.717) is 11.3 Å². The molecular weight excluding hydrogens is 482 g/mol. The van der Waals surface area contributed by atoms with Gasteiger partial charge in [-0.1, -0.05) is 18.2 Å². The van der Waals surface area contributed by atoms with Gasteiger partial charge in [-0.15, -0.1) is 0 Å². The molecule has 0 spiro atoms. The summed E-state index contributed by atoms with van der Waals surface area (Å²) in [5.41, 5.74) is 8.05. The molecule has 5 unspecified atom stereocenters. The Kier molecular flexibility index (Phi) is 8.98. The highest BCUT2D eigenvalue weighted by Crippen LogP contribution is 2.19. The third kappa shape index (κ3) is 7.15. The number of aromatic nitrogens is 3. The van der Waals surface area contributed by atoms with Gasteiger partial charge in [0, 0.05) is 41.8 Å². The third-order valence-corrected chi connectivity index (χ3v) is 5.86. The van der Waals surface area contributed by atoms with Gasteiger partial charge in [-0.2, -0.15) is 0 Å². The van der Waals surface area contributed by atoms with E-state index in [4.69, 9.17) is 5.73 Å². The number of imidazole rings is 1. The monoisotopic (exact) mass is 513 g/mol. The van der Waals surface area contributed by atoms with Gasteiger partial charge in [0.05, 0.1) is 18.5 Å². The van der Waals surface area contributed by atoms with Gasteiger partial charge in [-0.05, 0) is 25.5 Å². The number of hydrogen-bond donors (Lipinski definition) is 8. The molecule has 37 heavy (non-hydrogen) atoms. The minimum absolute atomic E-state index is 0.0202. The van der Waals surface area contributed by atoms with Crippen LogP contribution in [0.1, 0.15) is 25.1 Å². The van der Waals surface area contributed by atoms with Crippen molar-refractivity contribution in [3.8, 4) is 0 Å². The SMILES string of the molecule is CC(NC(=O)C(NC(=O)C(N)Cc1cnc[nH]1)C(C)O)C(=O)NC(Cc1c[nH]c2ccccc12)C(=O)O. The molecule has 2 heterocycles. The van der Waals surface area contributed by atoms with E-state index < -0.39 is 54.0 Å². The van der Waals surface area contributed by atoms with Crippen LogP contribution in [0.2, 0.25) is 0 Å². The van der Waals surface area contributed by atoms with Crippen molar-refractivity contribution < 1.29 is 29.4 Å². The number of carboxylic acid groups (broad SMARTS) is 1. The minimum atomic E-state index is -1.39. The van der Waals surface area contributed by atoms with Gasteiger partial charge in [0.1, 0.15) is 18.1 Å². The molecule has 2 aromatic heterocycles. The molecule has 3 aromatic rings. The Morgan fingerprint density at radius 1 is 1.00 bits per heavy atom. The molecule has 9 N–H and O–H groups in total. The fraction of sp³-hybridized carbons (Fsp3) is 0.375. The Labute approximate surface area is 212 Å². The Balaban J connectivity index is 1.59. The first-order valence-corrected chi connectivity index (χ1v) is 11.7. The normalized spacial score (nSPS) is 15.2. The Bertz CT molecular complexity index is 1240. The Morgan fingerprint density at radius 3 is 2.38 bits per heavy atom. The van der Waals surface area contributed by atoms with Crippen LogP contribution >= 0.6 is 0 Å². The number of nitrogens with zero attached hydrogens (tertiary/aromatic N) is 1. The van der Waals surface area contributed by atoms with E-state index in [9.17, 15) is 29.4 Å². The van der Waals surface area contributed by atoms with Crippen molar-refractivity contribution in [2.45, 2.75) is 57.0 Å². The van der Waals surface area contributed by atoms with Gasteiger partial charge in [0.25, 0.3) is 0 Å². The van der Waals surface area contributed by atoms with Crippen molar-refractivity contribution in [2.24, 2.45) is 5.73 Å². The number of amides is 3. The maximum atomic E-state index is 12.8. The van der Waals surface area contributed by atoms with Crippen molar-refractivity contribution in [3.05, 3.63) is 54.2 Å². The van der Waals surface area contributed by atoms with Crippen LogP contribution in [-0.4, -0.2) is 79.1 Å². The summed E-state index contributed by atoms with van der Waals surface area (Å²) in [5, 5.41) is 27.8. The number of carbonyl (C=O) groups is 4. The number of aromatic amines is 2. The number of benzene rings is 1. The Morgan fingerprint density at radius 2 is 1.73 bits per heavy atom. The predicted molar refractivity (Wildman–Crippen MR) is 133 cm³/mol. The summed E-state index contributed by atoms with van der Waals surface area (Å²) in [7, 11) is 0. The van der Waals surface area contributed by atoms with Crippen LogP contribution in [0.4, 0.5) is 0 Å². The number of carboxylic acids is 1. The van der Waals surface area contributed by atoms with Crippen molar-refractivity contribution in [2.75, 3.05) is 0 Å². The van der Waals surface area contributed by atoms with E-state index in [1.54, 1.807) is 6.20 Å². The summed E-state index contributed by atoms with van der Waals surface area (Å²) in [6.07, 6.45) is 3.48. The number of aliphatic hydroxyl groups excluding tert-OH is 1. The van der Waals surface area contributed by atoms with Crippen LogP contribution in [0.15, 0.2) is 43.0 Å². The highest BCUT2D eigenvalue weighted by Gasteiger charge is 2.31. The van der Waals surface area contributed by atoms with Gasteiger partial charge in [0.15, 0.2) is 0 Å². The zero-order valence-corrected chi connectivity index (χ0v) is 20.4. The summed E-state index contributed by atoms with van der Waals surface area (Å²) < 4.78 is 0. The molecule has 5 atom stereocenters. The molecule has 0 aliphatic heterocycles. The quantitative estimate of drug-likeness (QED) is 0.149. The summed E-state index contributed by atoms with van der Waals surface area (Å²) in [4.78, 5) is 59.5. The topological polar surface area (TPSA) is 215 Å². The summed E-state index contributed by atoms with van der Waals surface area (Å²) in [6, 6.07) is 2.55. The highest BCUT2D eigenvalue weighted by atomic mass is 16.4. The first-order chi connectivity index (χ1) is 17.6. The number of aliphatic hydroxyl groups is 1. The zero-order valence-electron chi connectivity index (χ0n) is 20.4. The lowest BCUT2D eigenvalue weighted by Crippen LogP contribution is -2.59. The average Bonchev–Trinajstić information content (AvgIpc) is 3.51. The van der Waals surface area contributed by atoms with Crippen molar-refractivity contribution in [3.63, 3.8) is 0 Å². The number of carbonyl (C=O) groups excluding carboxylic acids is 3.